The van der Waals surface area contributed by atoms with Crippen LogP contribution >= 0.6 is 0 Å². The molecular formula is C58H101NO10. The van der Waals surface area contributed by atoms with Crippen LogP contribution in [0.3, 0.4) is 0 Å². The van der Waals surface area contributed by atoms with Crippen molar-refractivity contribution in [2.24, 2.45) is 0 Å². The average molecular weight is 972 g/mol. The van der Waals surface area contributed by atoms with Crippen LogP contribution in [0.5, 0.6) is 0 Å². The number of allylic oxidation sites excluding steroid dienone is 11. The predicted octanol–water partition coefficient (Wildman–Crippen LogP) is 12.1. The van der Waals surface area contributed by atoms with E-state index in [0.29, 0.717) is 12.8 Å². The maximum Gasteiger partial charge on any atom is 0.306 e. The quantitative estimate of drug-likeness (QED) is 0.0149. The second kappa shape index (κ2) is 46.2. The van der Waals surface area contributed by atoms with Gasteiger partial charge in [-0.1, -0.05) is 241 Å². The van der Waals surface area contributed by atoms with Gasteiger partial charge in [-0.3, -0.25) is 9.59 Å². The number of carbonyl (C=O) groups is 2. The van der Waals surface area contributed by atoms with Gasteiger partial charge in [-0.15, -0.1) is 0 Å². The molecular weight excluding hydrogens is 871 g/mol. The maximum atomic E-state index is 13.3. The Hall–Kier alpha value is -2.90. The summed E-state index contributed by atoms with van der Waals surface area (Å²) < 4.78 is 17.5. The summed E-state index contributed by atoms with van der Waals surface area (Å²) in [7, 11) is 0. The smallest absolute Gasteiger partial charge is 0.306 e. The van der Waals surface area contributed by atoms with Crippen LogP contribution in [0.4, 0.5) is 0 Å². The molecule has 69 heavy (non-hydrogen) atoms. The minimum Gasteiger partial charge on any atom is -0.454 e. The van der Waals surface area contributed by atoms with Crippen molar-refractivity contribution in [1.82, 2.24) is 5.32 Å². The predicted molar refractivity (Wildman–Crippen MR) is 283 cm³/mol. The number of aliphatic hydroxyl groups is 5. The van der Waals surface area contributed by atoms with E-state index in [1.165, 1.54) is 109 Å². The first-order valence-electron chi connectivity index (χ1n) is 27.8. The highest BCUT2D eigenvalue weighted by Gasteiger charge is 2.47. The minimum atomic E-state index is -1.63. The van der Waals surface area contributed by atoms with Gasteiger partial charge in [0.15, 0.2) is 12.4 Å². The van der Waals surface area contributed by atoms with E-state index < -0.39 is 67.4 Å². The van der Waals surface area contributed by atoms with Crippen LogP contribution in [0.1, 0.15) is 220 Å². The first-order valence-corrected chi connectivity index (χ1v) is 27.8. The number of amides is 1. The van der Waals surface area contributed by atoms with Gasteiger partial charge in [0, 0.05) is 6.42 Å². The molecule has 11 heteroatoms. The summed E-state index contributed by atoms with van der Waals surface area (Å²) in [4.78, 5) is 26.4. The third-order valence-electron chi connectivity index (χ3n) is 12.8. The van der Waals surface area contributed by atoms with E-state index in [4.69, 9.17) is 14.2 Å². The Morgan fingerprint density at radius 1 is 0.580 bits per heavy atom. The van der Waals surface area contributed by atoms with Gasteiger partial charge < -0.3 is 45.1 Å². The van der Waals surface area contributed by atoms with Crippen LogP contribution in [0, 0.1) is 0 Å². The van der Waals surface area contributed by atoms with Crippen LogP contribution in [-0.4, -0.2) is 99.6 Å². The number of carbonyl (C=O) groups excluding carboxylic acids is 2. The largest absolute Gasteiger partial charge is 0.454 e. The summed E-state index contributed by atoms with van der Waals surface area (Å²) in [5.74, 6) is -1.24. The summed E-state index contributed by atoms with van der Waals surface area (Å²) in [6.45, 7) is 5.60. The fraction of sp³-hybridized carbons (Fsp3) is 0.759. The summed E-state index contributed by atoms with van der Waals surface area (Å²) in [5.41, 5.74) is 0. The number of hydrogen-bond acceptors (Lipinski definition) is 10. The molecule has 0 saturated carbocycles. The van der Waals surface area contributed by atoms with Crippen LogP contribution in [0.2, 0.25) is 0 Å². The summed E-state index contributed by atoms with van der Waals surface area (Å²) in [5, 5.41) is 56.7. The molecule has 1 amide bonds. The Morgan fingerprint density at radius 2 is 1.04 bits per heavy atom. The SMILES string of the molecule is CC/C=C/C=C/C=C\C=C/C=C/CCCCCC(=O)OC1C(OCC(NC(=O)C(O)CCCCCCCCCCCCCC)C(O)/C=C/CCCCCCCCCCCCC)OC(CO)C(O)C1O. The molecule has 6 N–H and O–H groups in total. The molecule has 0 aromatic rings. The number of rotatable bonds is 45. The van der Waals surface area contributed by atoms with Gasteiger partial charge in [-0.05, 0) is 44.9 Å². The maximum absolute atomic E-state index is 13.3. The number of esters is 1. The Labute approximate surface area is 420 Å². The topological polar surface area (TPSA) is 175 Å². The molecule has 0 aromatic heterocycles. The molecule has 398 valence electrons. The molecule has 1 aliphatic heterocycles. The normalized spacial score (nSPS) is 20.4. The monoisotopic (exact) mass is 972 g/mol. The van der Waals surface area contributed by atoms with Crippen molar-refractivity contribution in [2.75, 3.05) is 13.2 Å². The molecule has 0 aromatic carbocycles. The average Bonchev–Trinajstić information content (AvgIpc) is 3.34. The van der Waals surface area contributed by atoms with Crippen LogP contribution in [-0.2, 0) is 23.8 Å². The van der Waals surface area contributed by atoms with Crippen LogP contribution < -0.4 is 5.32 Å². The standard InChI is InChI=1S/C58H101NO10/c1-4-7-10-13-16-19-22-25-26-28-31-34-37-40-43-46-53(63)69-56-55(65)54(64)52(47-60)68-58(56)67-48-49(50(61)44-41-38-35-32-30-27-23-20-17-14-11-8-5-2)59-57(66)51(62)45-42-39-36-33-29-24-21-18-15-12-9-6-3/h7,10,13,16,19,22,25-26,28,31,41,44,49-52,54-56,58,60-62,64-65H,4-6,8-9,11-12,14-15,17-18,20-21,23-24,27,29-30,32-40,42-43,45-48H2,1-3H3,(H,59,66)/b10-7+,16-13+,22-19-,26-25-,31-28+,44-41+. The van der Waals surface area contributed by atoms with Crippen LogP contribution in [0.15, 0.2) is 72.9 Å². The van der Waals surface area contributed by atoms with E-state index in [2.05, 4.69) is 38.2 Å². The van der Waals surface area contributed by atoms with Gasteiger partial charge >= 0.3 is 5.97 Å². The Kier molecular flexibility index (Phi) is 42.9. The molecule has 8 atom stereocenters. The van der Waals surface area contributed by atoms with Crippen LogP contribution in [0.25, 0.3) is 0 Å². The number of unbranched alkanes of at least 4 members (excludes halogenated alkanes) is 25. The van der Waals surface area contributed by atoms with E-state index >= 15 is 0 Å². The second-order valence-corrected chi connectivity index (χ2v) is 19.1. The van der Waals surface area contributed by atoms with E-state index in [0.717, 1.165) is 64.2 Å². The van der Waals surface area contributed by atoms with Crippen molar-refractivity contribution >= 4 is 11.9 Å². The summed E-state index contributed by atoms with van der Waals surface area (Å²) >= 11 is 0. The van der Waals surface area contributed by atoms with Gasteiger partial charge in [0.25, 0.3) is 0 Å². The molecule has 11 nitrogen and oxygen atoms in total. The summed E-state index contributed by atoms with van der Waals surface area (Å²) in [6.07, 6.45) is 46.6. The van der Waals surface area contributed by atoms with E-state index in [9.17, 15) is 35.1 Å². The zero-order chi connectivity index (χ0) is 50.4. The van der Waals surface area contributed by atoms with Gasteiger partial charge in [0.1, 0.15) is 24.4 Å². The Balaban J connectivity index is 2.79. The number of nitrogens with one attached hydrogen (secondary N) is 1. The fourth-order valence-corrected chi connectivity index (χ4v) is 8.32. The molecule has 1 rings (SSSR count). The zero-order valence-corrected chi connectivity index (χ0v) is 43.7. The molecule has 1 fully saturated rings. The van der Waals surface area contributed by atoms with E-state index in [1.54, 1.807) is 6.08 Å². The zero-order valence-electron chi connectivity index (χ0n) is 43.7. The van der Waals surface area contributed by atoms with Crippen molar-refractivity contribution in [1.29, 1.82) is 0 Å². The van der Waals surface area contributed by atoms with Gasteiger partial charge in [0.2, 0.25) is 5.91 Å². The van der Waals surface area contributed by atoms with Gasteiger partial charge in [-0.2, -0.15) is 0 Å². The molecule has 1 aliphatic rings. The highest BCUT2D eigenvalue weighted by molar-refractivity contribution is 5.80. The lowest BCUT2D eigenvalue weighted by molar-refractivity contribution is -0.305. The molecule has 0 radical (unpaired) electrons. The number of ether oxygens (including phenoxy) is 3. The second-order valence-electron chi connectivity index (χ2n) is 19.1. The third-order valence-corrected chi connectivity index (χ3v) is 12.8. The molecule has 0 bridgehead atoms. The van der Waals surface area contributed by atoms with Crippen molar-refractivity contribution in [2.45, 2.75) is 269 Å². The molecule has 8 unspecified atom stereocenters. The van der Waals surface area contributed by atoms with Gasteiger partial charge in [-0.25, -0.2) is 0 Å². The third kappa shape index (κ3) is 35.0. The van der Waals surface area contributed by atoms with Crippen molar-refractivity contribution in [3.05, 3.63) is 72.9 Å². The van der Waals surface area contributed by atoms with Crippen molar-refractivity contribution in [3.8, 4) is 0 Å². The molecule has 0 spiro atoms. The van der Waals surface area contributed by atoms with Crippen molar-refractivity contribution < 1.29 is 49.3 Å². The lowest BCUT2D eigenvalue weighted by atomic mass is 9.99. The molecule has 1 heterocycles. The lowest BCUT2D eigenvalue weighted by Gasteiger charge is -2.41. The Morgan fingerprint density at radius 3 is 1.57 bits per heavy atom. The lowest BCUT2D eigenvalue weighted by Crippen LogP contribution is -2.61. The fourth-order valence-electron chi connectivity index (χ4n) is 8.32. The van der Waals surface area contributed by atoms with Crippen molar-refractivity contribution in [3.63, 3.8) is 0 Å². The van der Waals surface area contributed by atoms with E-state index in [-0.39, 0.29) is 19.4 Å². The Bertz CT molecular complexity index is 1390. The van der Waals surface area contributed by atoms with Gasteiger partial charge in [0.05, 0.1) is 25.4 Å². The first-order chi connectivity index (χ1) is 33.7. The first kappa shape index (κ1) is 64.1. The molecule has 0 aliphatic carbocycles. The van der Waals surface area contributed by atoms with E-state index in [1.807, 2.05) is 54.7 Å². The molecule has 1 saturated heterocycles. The number of aliphatic hydroxyl groups excluding tert-OH is 5. The highest BCUT2D eigenvalue weighted by atomic mass is 16.7. The minimum absolute atomic E-state index is 0.0727. The number of hydrogen-bond donors (Lipinski definition) is 6. The summed E-state index contributed by atoms with van der Waals surface area (Å²) in [6, 6.07) is -1.03. The highest BCUT2D eigenvalue weighted by Crippen LogP contribution is 2.26.